The van der Waals surface area contributed by atoms with Gasteiger partial charge in [-0.3, -0.25) is 24.3 Å². The molecule has 1 aliphatic heterocycles. The Morgan fingerprint density at radius 2 is 1.70 bits per heavy atom. The molecule has 3 atom stereocenters. The molecule has 0 spiro atoms. The summed E-state index contributed by atoms with van der Waals surface area (Å²) in [5.41, 5.74) is 0.402. The first-order valence-corrected chi connectivity index (χ1v) is 17.1. The van der Waals surface area contributed by atoms with Crippen molar-refractivity contribution in [1.82, 2.24) is 20.2 Å². The number of carbonyl (C=O) groups excluding carboxylic acids is 2. The van der Waals surface area contributed by atoms with Crippen molar-refractivity contribution in [3.05, 3.63) is 34.4 Å². The highest BCUT2D eigenvalue weighted by Crippen LogP contribution is 2.66. The number of hydrogen-bond donors (Lipinski definition) is 2. The number of hydrogen-bond acceptors (Lipinski definition) is 6. The van der Waals surface area contributed by atoms with Gasteiger partial charge in [-0.25, -0.2) is 4.98 Å². The predicted octanol–water partition coefficient (Wildman–Crippen LogP) is 6.77. The number of rotatable bonds is 11. The van der Waals surface area contributed by atoms with Crippen LogP contribution < -0.4 is 16.2 Å². The lowest BCUT2D eigenvalue weighted by molar-refractivity contribution is -0.150. The van der Waals surface area contributed by atoms with Gasteiger partial charge in [-0.15, -0.1) is 11.8 Å². The molecule has 7 nitrogen and oxygen atoms in total. The number of thioether (sulfide) groups is 1. The van der Waals surface area contributed by atoms with E-state index in [0.29, 0.717) is 25.8 Å². The lowest BCUT2D eigenvalue weighted by Gasteiger charge is -2.65. The van der Waals surface area contributed by atoms with Gasteiger partial charge in [0, 0.05) is 16.9 Å². The van der Waals surface area contributed by atoms with E-state index in [-0.39, 0.29) is 23.7 Å². The molecule has 0 unspecified atom stereocenters. The molecule has 11 heteroatoms. The van der Waals surface area contributed by atoms with Crippen LogP contribution in [-0.4, -0.2) is 39.2 Å². The highest BCUT2D eigenvalue weighted by atomic mass is 32.2. The molecule has 0 radical (unpaired) electrons. The van der Waals surface area contributed by atoms with Crippen molar-refractivity contribution in [3.8, 4) is 0 Å². The molecule has 4 bridgehead atoms. The van der Waals surface area contributed by atoms with E-state index in [1.165, 1.54) is 56.4 Å². The molecule has 240 valence electrons. The van der Waals surface area contributed by atoms with Crippen molar-refractivity contribution >= 4 is 34.5 Å². The summed E-state index contributed by atoms with van der Waals surface area (Å²) >= 11 is 1.43. The number of alkyl halides is 3. The highest BCUT2D eigenvalue weighted by Gasteiger charge is 2.59. The van der Waals surface area contributed by atoms with E-state index in [1.807, 2.05) is 0 Å². The molecule has 5 fully saturated rings. The predicted molar refractivity (Wildman–Crippen MR) is 164 cm³/mol. The van der Waals surface area contributed by atoms with Crippen molar-refractivity contribution in [3.63, 3.8) is 0 Å². The molecule has 1 saturated heterocycles. The van der Waals surface area contributed by atoms with E-state index < -0.39 is 35.4 Å². The molecule has 2 heterocycles. The minimum absolute atomic E-state index is 0.0506. The van der Waals surface area contributed by atoms with Crippen LogP contribution in [0.4, 0.5) is 13.2 Å². The summed E-state index contributed by atoms with van der Waals surface area (Å²) in [7, 11) is 0. The second kappa shape index (κ2) is 11.8. The number of nitrogens with zero attached hydrogens (tertiary/aromatic N) is 2. The fourth-order valence-corrected chi connectivity index (χ4v) is 10.8. The number of halogens is 3. The summed E-state index contributed by atoms with van der Waals surface area (Å²) in [4.78, 5) is 42.0. The molecule has 4 aliphatic carbocycles. The minimum atomic E-state index is -4.95. The van der Waals surface area contributed by atoms with Crippen LogP contribution in [0.2, 0.25) is 0 Å². The van der Waals surface area contributed by atoms with Gasteiger partial charge in [0.05, 0.1) is 10.9 Å². The minimum Gasteiger partial charge on any atom is -0.311 e. The van der Waals surface area contributed by atoms with Crippen molar-refractivity contribution in [2.75, 3.05) is 12.3 Å². The fraction of sp³-hybridized carbons (Fsp3) is 0.697. The maximum atomic E-state index is 14.0. The summed E-state index contributed by atoms with van der Waals surface area (Å²) in [6.07, 6.45) is 8.29. The number of amides is 2. The van der Waals surface area contributed by atoms with Crippen LogP contribution in [0.25, 0.3) is 10.9 Å². The standard InChI is InChI=1S/C33H43F3N4O3S/c1-30-15-21-16-31(2,18-30)20-32(17-21,19-30)37-13-6-4-3-5-7-14-44-24-10-8-9-22-26(24)28(43)40(29(38-22)33(34,35)36)23-11-12-25(41)39-27(23)42/h8-10,21,23,37H,3-7,11-20H2,1-2H3,(H,39,41,42)/t21?,23-,30+,31+,32?/m0/s1. The average molecular weight is 633 g/mol. The second-order valence-electron chi connectivity index (χ2n) is 14.7. The number of unbranched alkanes of at least 4 members (excludes halogenated alkanes) is 4. The molecule has 2 N–H and O–H groups in total. The van der Waals surface area contributed by atoms with Crippen molar-refractivity contribution in [1.29, 1.82) is 0 Å². The average Bonchev–Trinajstić information content (AvgIpc) is 2.90. The normalized spacial score (nSPS) is 31.6. The van der Waals surface area contributed by atoms with Gasteiger partial charge in [-0.05, 0) is 99.0 Å². The second-order valence-corrected chi connectivity index (χ2v) is 15.8. The number of nitrogens with one attached hydrogen (secondary N) is 2. The first kappa shape index (κ1) is 31.6. The summed E-state index contributed by atoms with van der Waals surface area (Å²) < 4.78 is 42.4. The molecule has 2 aromatic rings. The number of carbonyl (C=O) groups is 2. The Kier molecular flexibility index (Phi) is 8.43. The van der Waals surface area contributed by atoms with E-state index in [4.69, 9.17) is 0 Å². The molecular weight excluding hydrogens is 589 g/mol. The van der Waals surface area contributed by atoms with Crippen LogP contribution in [0.15, 0.2) is 27.9 Å². The Morgan fingerprint density at radius 1 is 1.00 bits per heavy atom. The van der Waals surface area contributed by atoms with Gasteiger partial charge in [-0.1, -0.05) is 39.2 Å². The summed E-state index contributed by atoms with van der Waals surface area (Å²) in [6, 6.07) is 3.26. The maximum absolute atomic E-state index is 14.0. The number of benzene rings is 1. The van der Waals surface area contributed by atoms with Crippen LogP contribution in [-0.2, 0) is 15.8 Å². The fourth-order valence-electron chi connectivity index (χ4n) is 9.69. The smallest absolute Gasteiger partial charge is 0.311 e. The van der Waals surface area contributed by atoms with Crippen LogP contribution in [0.5, 0.6) is 0 Å². The van der Waals surface area contributed by atoms with Crippen LogP contribution in [0.1, 0.15) is 109 Å². The molecule has 4 saturated carbocycles. The van der Waals surface area contributed by atoms with Gasteiger partial charge in [0.25, 0.3) is 5.56 Å². The van der Waals surface area contributed by atoms with Gasteiger partial charge >= 0.3 is 6.18 Å². The van der Waals surface area contributed by atoms with Gasteiger partial charge in [-0.2, -0.15) is 13.2 Å². The van der Waals surface area contributed by atoms with Crippen LogP contribution >= 0.6 is 11.8 Å². The lowest BCUT2D eigenvalue weighted by Crippen LogP contribution is -2.64. The van der Waals surface area contributed by atoms with Gasteiger partial charge < -0.3 is 5.32 Å². The number of fused-ring (bicyclic) bond motifs is 1. The zero-order chi connectivity index (χ0) is 31.3. The first-order chi connectivity index (χ1) is 20.8. The van der Waals surface area contributed by atoms with Gasteiger partial charge in [0.15, 0.2) is 0 Å². The summed E-state index contributed by atoms with van der Waals surface area (Å²) in [5.74, 6) is -1.31. The van der Waals surface area contributed by atoms with E-state index >= 15 is 0 Å². The zero-order valence-electron chi connectivity index (χ0n) is 25.7. The monoisotopic (exact) mass is 632 g/mol. The van der Waals surface area contributed by atoms with Gasteiger partial charge in [0.2, 0.25) is 17.6 Å². The first-order valence-electron chi connectivity index (χ1n) is 16.1. The van der Waals surface area contributed by atoms with Crippen molar-refractivity contribution in [2.45, 2.75) is 120 Å². The summed E-state index contributed by atoms with van der Waals surface area (Å²) in [5, 5.41) is 6.15. The van der Waals surface area contributed by atoms with Crippen molar-refractivity contribution < 1.29 is 22.8 Å². The zero-order valence-corrected chi connectivity index (χ0v) is 26.5. The third-order valence-corrected chi connectivity index (χ3v) is 11.5. The third-order valence-electron chi connectivity index (χ3n) is 10.4. The Labute approximate surface area is 260 Å². The molecule has 1 aromatic carbocycles. The number of aromatic nitrogens is 2. The third kappa shape index (κ3) is 6.32. The van der Waals surface area contributed by atoms with Crippen LogP contribution in [0, 0.1) is 16.7 Å². The highest BCUT2D eigenvalue weighted by molar-refractivity contribution is 7.99. The molecule has 5 aliphatic rings. The molecular formula is C33H43F3N4O3S. The topological polar surface area (TPSA) is 93.1 Å². The number of imide groups is 1. The quantitative estimate of drug-likeness (QED) is 0.161. The van der Waals surface area contributed by atoms with Crippen LogP contribution in [0.3, 0.4) is 0 Å². The van der Waals surface area contributed by atoms with E-state index in [0.717, 1.165) is 50.3 Å². The molecule has 1 aromatic heterocycles. The molecule has 7 rings (SSSR count). The SMILES string of the molecule is C[C@]12CC3CC(NCCCCCCCSc4cccc5nc(C(F)(F)F)n([C@H]6CCC(=O)NC6=O)c(=O)c45)(C1)C[C@](C)(C3)C2. The largest absolute Gasteiger partial charge is 0.449 e. The van der Waals surface area contributed by atoms with E-state index in [2.05, 4.69) is 29.5 Å². The Balaban J connectivity index is 1.02. The van der Waals surface area contributed by atoms with E-state index in [1.54, 1.807) is 12.1 Å². The molecule has 44 heavy (non-hydrogen) atoms. The Morgan fingerprint density at radius 3 is 2.39 bits per heavy atom. The number of piperidine rings is 1. The maximum Gasteiger partial charge on any atom is 0.449 e. The van der Waals surface area contributed by atoms with Crippen molar-refractivity contribution in [2.24, 2.45) is 16.7 Å². The Bertz CT molecular complexity index is 1490. The van der Waals surface area contributed by atoms with Gasteiger partial charge in [0.1, 0.15) is 6.04 Å². The Hall–Kier alpha value is -2.40. The summed E-state index contributed by atoms with van der Waals surface area (Å²) in [6.45, 7) is 6.08. The van der Waals surface area contributed by atoms with E-state index in [9.17, 15) is 27.6 Å². The lowest BCUT2D eigenvalue weighted by atomic mass is 9.43. The molecule has 2 amide bonds.